The predicted octanol–water partition coefficient (Wildman–Crippen LogP) is 35.3. The molecule has 0 aliphatic rings. The van der Waals surface area contributed by atoms with Crippen LogP contribution in [0.3, 0.4) is 0 Å². The lowest BCUT2D eigenvalue weighted by atomic mass is 9.93. The number of rotatable bonds is 13. The molecule has 6 aromatic heterocycles. The molecule has 646 valence electrons. The van der Waals surface area contributed by atoms with Crippen molar-refractivity contribution in [3.05, 3.63) is 534 Å². The van der Waals surface area contributed by atoms with Crippen LogP contribution in [-0.2, 0) is 0 Å². The molecule has 0 spiro atoms. The maximum absolute atomic E-state index is 2.44. The first-order valence-electron chi connectivity index (χ1n) is 47.4. The molecule has 0 saturated carbocycles. The number of benzene rings is 22. The zero-order chi connectivity index (χ0) is 91.1. The molecule has 22 aromatic carbocycles. The molecule has 138 heavy (non-hydrogen) atoms. The highest BCUT2D eigenvalue weighted by atomic mass is 15.0. The number of fused-ring (bicyclic) bond motifs is 18. The number of hydrogen-bond acceptors (Lipinski definition) is 0. The fourth-order valence-electron chi connectivity index (χ4n) is 21.6. The molecule has 0 atom stereocenters. The summed E-state index contributed by atoms with van der Waals surface area (Å²) in [6, 6.07) is 193. The van der Waals surface area contributed by atoms with E-state index in [1.807, 2.05) is 0 Å². The Balaban J connectivity index is 0.000000108. The van der Waals surface area contributed by atoms with Gasteiger partial charge in [0, 0.05) is 98.8 Å². The Bertz CT molecular complexity index is 8700. The van der Waals surface area contributed by atoms with E-state index in [2.05, 4.69) is 561 Å². The molecule has 0 saturated heterocycles. The van der Waals surface area contributed by atoms with E-state index in [0.29, 0.717) is 0 Å². The third-order valence-electron chi connectivity index (χ3n) is 27.9. The third-order valence-corrected chi connectivity index (χ3v) is 27.9. The Morgan fingerprint density at radius 3 is 0.377 bits per heavy atom. The first-order valence-corrected chi connectivity index (χ1v) is 47.4. The van der Waals surface area contributed by atoms with Gasteiger partial charge in [-0.05, 0) is 254 Å². The topological polar surface area (TPSA) is 29.6 Å². The van der Waals surface area contributed by atoms with Gasteiger partial charge >= 0.3 is 0 Å². The zero-order valence-electron chi connectivity index (χ0n) is 75.5. The molecule has 6 heteroatoms. The van der Waals surface area contributed by atoms with Gasteiger partial charge in [0.05, 0.1) is 66.2 Å². The highest BCUT2D eigenvalue weighted by Gasteiger charge is 2.23. The second kappa shape index (κ2) is 34.0. The van der Waals surface area contributed by atoms with Crippen molar-refractivity contribution in [2.24, 2.45) is 0 Å². The Labute approximate surface area is 798 Å². The average Bonchev–Trinajstić information content (AvgIpc) is 1.59. The van der Waals surface area contributed by atoms with Gasteiger partial charge in [-0.3, -0.25) is 0 Å². The normalized spacial score (nSPS) is 11.6. The summed E-state index contributed by atoms with van der Waals surface area (Å²) in [5, 5.41) is 15.3. The molecule has 28 aromatic rings. The standard InChI is InChI=1S/2C48H32N2.C36H24N2/c1-3-15-33(16-4-1)35-27-36(34-17-5-2-6-18-34)29-37(28-35)38-30-39(49-45-23-11-7-19-41(45)42-20-8-12-24-46(42)49)32-40(31-38)50-47-25-13-9-21-43(47)44-22-10-14-26-48(44)50;1-2-12-33(13-3-1)36-30-37(34-22-26-39(27-23-34)49-45-18-8-4-14-41(45)42-15-5-9-19-46(42)49)32-38(31-36)35-24-28-40(29-25-35)50-47-20-10-6-16-43(47)44-17-7-11-21-48(44)50;1-5-13-33-29(9-1)30-10-2-6-14-34(30)37(33)27-21-17-25(18-22-27)26-19-23-28(24-20-26)38-35-15-7-3-11-31(35)32-12-4-8-16-36(32)38/h2*1-32H;1-24H. The van der Waals surface area contributed by atoms with Gasteiger partial charge in [0.15, 0.2) is 0 Å². The van der Waals surface area contributed by atoms with E-state index in [1.54, 1.807) is 0 Å². The molecule has 0 N–H and O–H groups in total. The molecule has 0 fully saturated rings. The van der Waals surface area contributed by atoms with Gasteiger partial charge in [0.25, 0.3) is 0 Å². The summed E-state index contributed by atoms with van der Waals surface area (Å²) in [4.78, 5) is 0. The summed E-state index contributed by atoms with van der Waals surface area (Å²) in [5.41, 5.74) is 38.3. The van der Waals surface area contributed by atoms with Gasteiger partial charge in [0.1, 0.15) is 0 Å². The minimum Gasteiger partial charge on any atom is -0.309 e. The number of aromatic nitrogens is 6. The van der Waals surface area contributed by atoms with E-state index in [-0.39, 0.29) is 0 Å². The van der Waals surface area contributed by atoms with Crippen LogP contribution < -0.4 is 0 Å². The monoisotopic (exact) mass is 1760 g/mol. The maximum Gasteiger partial charge on any atom is 0.0541 e. The van der Waals surface area contributed by atoms with Crippen molar-refractivity contribution >= 4 is 131 Å². The molecule has 28 rings (SSSR count). The summed E-state index contributed by atoms with van der Waals surface area (Å²) in [7, 11) is 0. The van der Waals surface area contributed by atoms with Crippen LogP contribution in [0, 0.1) is 0 Å². The first kappa shape index (κ1) is 80.5. The number of para-hydroxylation sites is 12. The fourth-order valence-corrected chi connectivity index (χ4v) is 21.6. The van der Waals surface area contributed by atoms with Crippen LogP contribution >= 0.6 is 0 Å². The highest BCUT2D eigenvalue weighted by molar-refractivity contribution is 6.15. The summed E-state index contributed by atoms with van der Waals surface area (Å²) >= 11 is 0. The summed E-state index contributed by atoms with van der Waals surface area (Å²) in [6.45, 7) is 0. The summed E-state index contributed by atoms with van der Waals surface area (Å²) in [6.07, 6.45) is 0. The molecule has 0 aliphatic carbocycles. The smallest absolute Gasteiger partial charge is 0.0541 e. The minimum atomic E-state index is 1.13. The molecule has 0 unspecified atom stereocenters. The van der Waals surface area contributed by atoms with Gasteiger partial charge in [-0.15, -0.1) is 0 Å². The lowest BCUT2D eigenvalue weighted by molar-refractivity contribution is 1.13. The van der Waals surface area contributed by atoms with Crippen molar-refractivity contribution in [1.29, 1.82) is 0 Å². The first-order chi connectivity index (χ1) is 68.5. The van der Waals surface area contributed by atoms with Crippen molar-refractivity contribution in [1.82, 2.24) is 27.4 Å². The lowest BCUT2D eigenvalue weighted by Crippen LogP contribution is -2.00. The predicted molar refractivity (Wildman–Crippen MR) is 583 cm³/mol. The van der Waals surface area contributed by atoms with E-state index < -0.39 is 0 Å². The molecule has 0 amide bonds. The zero-order valence-corrected chi connectivity index (χ0v) is 75.5. The van der Waals surface area contributed by atoms with E-state index in [9.17, 15) is 0 Å². The second-order valence-electron chi connectivity index (χ2n) is 35.8. The van der Waals surface area contributed by atoms with Crippen molar-refractivity contribution < 1.29 is 0 Å². The Morgan fingerprint density at radius 2 is 0.203 bits per heavy atom. The quantitative estimate of drug-likeness (QED) is 0.110. The van der Waals surface area contributed by atoms with Crippen LogP contribution in [0.4, 0.5) is 0 Å². The lowest BCUT2D eigenvalue weighted by Gasteiger charge is -2.17. The van der Waals surface area contributed by atoms with E-state index in [1.165, 1.54) is 215 Å². The van der Waals surface area contributed by atoms with Crippen LogP contribution in [-0.4, -0.2) is 27.4 Å². The van der Waals surface area contributed by atoms with Crippen LogP contribution in [0.2, 0.25) is 0 Å². The molecule has 6 heterocycles. The second-order valence-corrected chi connectivity index (χ2v) is 35.8. The molecule has 0 aliphatic heterocycles. The average molecular weight is 1760 g/mol. The molecular weight excluding hydrogens is 1670 g/mol. The SMILES string of the molecule is c1ccc(-c2cc(-c3ccc(-n4c5ccccc5c5ccccc54)cc3)cc(-c3ccc(-n4c5ccccc5c5ccccc54)cc3)c2)cc1.c1ccc(-c2cc(-c3ccccc3)cc(-c3cc(-n4c5ccccc5c5ccccc54)cc(-n4c5ccccc5c5ccccc54)c3)c2)cc1.c1ccc2c(c1)c1ccccc1n2-c1ccc(-c2ccc(-n3c4ccccc4c4ccccc43)cc2)cc1. The van der Waals surface area contributed by atoms with Gasteiger partial charge in [0.2, 0.25) is 0 Å². The third kappa shape index (κ3) is 14.0. The molecular formula is C132H88N6. The van der Waals surface area contributed by atoms with Crippen LogP contribution in [0.25, 0.3) is 243 Å². The van der Waals surface area contributed by atoms with Gasteiger partial charge in [-0.25, -0.2) is 0 Å². The highest BCUT2D eigenvalue weighted by Crippen LogP contribution is 2.45. The number of hydrogen-bond donors (Lipinski definition) is 0. The van der Waals surface area contributed by atoms with E-state index in [4.69, 9.17) is 0 Å². The van der Waals surface area contributed by atoms with Gasteiger partial charge < -0.3 is 27.4 Å². The molecule has 0 bridgehead atoms. The molecule has 0 radical (unpaired) electrons. The van der Waals surface area contributed by atoms with Crippen LogP contribution in [0.5, 0.6) is 0 Å². The van der Waals surface area contributed by atoms with E-state index in [0.717, 1.165) is 28.3 Å². The largest absolute Gasteiger partial charge is 0.309 e. The van der Waals surface area contributed by atoms with E-state index >= 15 is 0 Å². The van der Waals surface area contributed by atoms with Crippen molar-refractivity contribution in [2.45, 2.75) is 0 Å². The van der Waals surface area contributed by atoms with Crippen LogP contribution in [0.1, 0.15) is 0 Å². The summed E-state index contributed by atoms with van der Waals surface area (Å²) in [5.74, 6) is 0. The van der Waals surface area contributed by atoms with Crippen molar-refractivity contribution in [3.8, 4) is 112 Å². The summed E-state index contributed by atoms with van der Waals surface area (Å²) < 4.78 is 14.3. The maximum atomic E-state index is 2.44. The number of nitrogens with zero attached hydrogens (tertiary/aromatic N) is 6. The molecule has 6 nitrogen and oxygen atoms in total. The Kier molecular flexibility index (Phi) is 19.9. The Hall–Kier alpha value is -18.4. The van der Waals surface area contributed by atoms with Crippen molar-refractivity contribution in [3.63, 3.8) is 0 Å². The van der Waals surface area contributed by atoms with Crippen molar-refractivity contribution in [2.75, 3.05) is 0 Å². The van der Waals surface area contributed by atoms with Crippen LogP contribution in [0.15, 0.2) is 534 Å². The minimum absolute atomic E-state index is 1.13. The Morgan fingerprint density at radius 1 is 0.0797 bits per heavy atom. The fraction of sp³-hybridized carbons (Fsp3) is 0. The van der Waals surface area contributed by atoms with Gasteiger partial charge in [-0.1, -0.05) is 358 Å². The van der Waals surface area contributed by atoms with Gasteiger partial charge in [-0.2, -0.15) is 0 Å².